The Bertz CT molecular complexity index is 1280. The Balaban J connectivity index is 1.51. The van der Waals surface area contributed by atoms with Crippen molar-refractivity contribution < 1.29 is 14.3 Å². The summed E-state index contributed by atoms with van der Waals surface area (Å²) in [6.07, 6.45) is 1.56. The molecule has 2 aromatic heterocycles. The van der Waals surface area contributed by atoms with Gasteiger partial charge in [0.1, 0.15) is 12.4 Å². The van der Waals surface area contributed by atoms with Crippen LogP contribution in [-0.2, 0) is 11.3 Å². The van der Waals surface area contributed by atoms with Crippen molar-refractivity contribution in [1.82, 2.24) is 19.2 Å². The van der Waals surface area contributed by atoms with Crippen molar-refractivity contribution in [2.75, 3.05) is 24.9 Å². The molecule has 158 valence electrons. The van der Waals surface area contributed by atoms with Gasteiger partial charge in [0.15, 0.2) is 11.5 Å². The van der Waals surface area contributed by atoms with Crippen molar-refractivity contribution >= 4 is 28.9 Å². The molecule has 0 spiro atoms. The molecule has 2 heterocycles. The van der Waals surface area contributed by atoms with E-state index in [4.69, 9.17) is 9.47 Å². The fourth-order valence-electron chi connectivity index (χ4n) is 3.00. The molecule has 10 nitrogen and oxygen atoms in total. The molecule has 2 N–H and O–H groups in total. The van der Waals surface area contributed by atoms with Gasteiger partial charge in [0, 0.05) is 23.6 Å². The molecule has 1 amide bonds. The lowest BCUT2D eigenvalue weighted by molar-refractivity contribution is -0.117. The molecule has 0 radical (unpaired) electrons. The number of carbonyl (C=O) groups is 1. The number of ether oxygens (including phenoxy) is 2. The average molecular weight is 420 g/mol. The van der Waals surface area contributed by atoms with Crippen LogP contribution in [0.15, 0.2) is 65.6 Å². The predicted molar refractivity (Wildman–Crippen MR) is 115 cm³/mol. The third-order valence-electron chi connectivity index (χ3n) is 4.46. The molecule has 2 aromatic carbocycles. The standard InChI is InChI=1S/C21H20N6O4/c1-30-16-9-8-15(12-17(16)31-2)23-19(28)13-27-21(29)26-11-10-18(24-20(26)25-27)22-14-6-4-3-5-7-14/h3-12H,13H2,1-2H3,(H,23,28)(H,22,24,25). The van der Waals surface area contributed by atoms with Crippen molar-refractivity contribution in [2.45, 2.75) is 6.54 Å². The predicted octanol–water partition coefficient (Wildman–Crippen LogP) is 2.29. The van der Waals surface area contributed by atoms with E-state index < -0.39 is 11.6 Å². The van der Waals surface area contributed by atoms with Crippen molar-refractivity contribution in [3.05, 3.63) is 71.3 Å². The Hall–Kier alpha value is -4.34. The fraction of sp³-hybridized carbons (Fsp3) is 0.143. The summed E-state index contributed by atoms with van der Waals surface area (Å²) in [5.41, 5.74) is 0.901. The summed E-state index contributed by atoms with van der Waals surface area (Å²) in [7, 11) is 3.04. The Morgan fingerprint density at radius 3 is 2.52 bits per heavy atom. The first-order chi connectivity index (χ1) is 15.1. The van der Waals surface area contributed by atoms with Gasteiger partial charge in [0.25, 0.3) is 5.78 Å². The number of para-hydroxylation sites is 1. The second kappa shape index (κ2) is 8.57. The second-order valence-electron chi connectivity index (χ2n) is 6.53. The van der Waals surface area contributed by atoms with E-state index in [1.807, 2.05) is 30.3 Å². The van der Waals surface area contributed by atoms with Gasteiger partial charge in [-0.25, -0.2) is 13.9 Å². The van der Waals surface area contributed by atoms with E-state index in [-0.39, 0.29) is 12.3 Å². The van der Waals surface area contributed by atoms with Gasteiger partial charge in [-0.2, -0.15) is 4.98 Å². The Kier molecular flexibility index (Phi) is 5.52. The molecule has 4 rings (SSSR count). The van der Waals surface area contributed by atoms with Crippen LogP contribution in [0.5, 0.6) is 11.5 Å². The van der Waals surface area contributed by atoms with Crippen LogP contribution in [0.4, 0.5) is 17.2 Å². The molecule has 0 saturated carbocycles. The summed E-state index contributed by atoms with van der Waals surface area (Å²) in [6.45, 7) is -0.266. The summed E-state index contributed by atoms with van der Waals surface area (Å²) >= 11 is 0. The monoisotopic (exact) mass is 420 g/mol. The van der Waals surface area contributed by atoms with Gasteiger partial charge >= 0.3 is 5.69 Å². The average Bonchev–Trinajstić information content (AvgIpc) is 3.08. The van der Waals surface area contributed by atoms with Crippen LogP contribution in [0.25, 0.3) is 5.78 Å². The van der Waals surface area contributed by atoms with Crippen LogP contribution in [-0.4, -0.2) is 39.3 Å². The third kappa shape index (κ3) is 4.32. The summed E-state index contributed by atoms with van der Waals surface area (Å²) in [6, 6.07) is 16.2. The van der Waals surface area contributed by atoms with Crippen molar-refractivity contribution in [3.63, 3.8) is 0 Å². The van der Waals surface area contributed by atoms with Crippen LogP contribution < -0.4 is 25.8 Å². The van der Waals surface area contributed by atoms with E-state index >= 15 is 0 Å². The minimum atomic E-state index is -0.462. The molecule has 0 aliphatic rings. The highest BCUT2D eigenvalue weighted by molar-refractivity contribution is 5.90. The SMILES string of the molecule is COc1ccc(NC(=O)Cn2nc3nc(Nc4ccccc4)ccn3c2=O)cc1OC. The molecule has 0 saturated heterocycles. The quantitative estimate of drug-likeness (QED) is 0.472. The van der Waals surface area contributed by atoms with Gasteiger partial charge in [-0.1, -0.05) is 18.2 Å². The lowest BCUT2D eigenvalue weighted by Gasteiger charge is -2.10. The number of hydrogen-bond acceptors (Lipinski definition) is 7. The third-order valence-corrected chi connectivity index (χ3v) is 4.46. The molecule has 0 unspecified atom stereocenters. The number of hydrogen-bond donors (Lipinski definition) is 2. The number of rotatable bonds is 7. The van der Waals surface area contributed by atoms with Crippen LogP contribution in [0, 0.1) is 0 Å². The number of carbonyl (C=O) groups excluding carboxylic acids is 1. The van der Waals surface area contributed by atoms with Gasteiger partial charge in [0.05, 0.1) is 14.2 Å². The van der Waals surface area contributed by atoms with Crippen LogP contribution >= 0.6 is 0 Å². The Morgan fingerprint density at radius 1 is 1.00 bits per heavy atom. The first-order valence-corrected chi connectivity index (χ1v) is 9.37. The second-order valence-corrected chi connectivity index (χ2v) is 6.53. The minimum absolute atomic E-state index is 0.185. The first kappa shape index (κ1) is 20.0. The zero-order chi connectivity index (χ0) is 21.8. The highest BCUT2D eigenvalue weighted by Gasteiger charge is 2.13. The number of nitrogens with zero attached hydrogens (tertiary/aromatic N) is 4. The van der Waals surface area contributed by atoms with Gasteiger partial charge in [-0.05, 0) is 30.3 Å². The van der Waals surface area contributed by atoms with E-state index in [9.17, 15) is 9.59 Å². The molecular formula is C21H20N6O4. The first-order valence-electron chi connectivity index (χ1n) is 9.37. The molecule has 0 bridgehead atoms. The van der Waals surface area contributed by atoms with Gasteiger partial charge in [-0.15, -0.1) is 5.10 Å². The number of benzene rings is 2. The number of aromatic nitrogens is 4. The van der Waals surface area contributed by atoms with Crippen LogP contribution in [0.1, 0.15) is 0 Å². The minimum Gasteiger partial charge on any atom is -0.493 e. The lowest BCUT2D eigenvalue weighted by Crippen LogP contribution is -2.28. The zero-order valence-corrected chi connectivity index (χ0v) is 16.9. The fourth-order valence-corrected chi connectivity index (χ4v) is 3.00. The van der Waals surface area contributed by atoms with Crippen molar-refractivity contribution in [2.24, 2.45) is 0 Å². The molecule has 4 aromatic rings. The van der Waals surface area contributed by atoms with Crippen molar-refractivity contribution in [3.8, 4) is 11.5 Å². The summed E-state index contributed by atoms with van der Waals surface area (Å²) in [4.78, 5) is 29.3. The van der Waals surface area contributed by atoms with Gasteiger partial charge < -0.3 is 20.1 Å². The van der Waals surface area contributed by atoms with E-state index in [1.54, 1.807) is 30.5 Å². The Morgan fingerprint density at radius 2 is 1.77 bits per heavy atom. The maximum Gasteiger partial charge on any atom is 0.352 e. The van der Waals surface area contributed by atoms with E-state index in [2.05, 4.69) is 20.7 Å². The van der Waals surface area contributed by atoms with Crippen LogP contribution in [0.3, 0.4) is 0 Å². The zero-order valence-electron chi connectivity index (χ0n) is 16.9. The highest BCUT2D eigenvalue weighted by atomic mass is 16.5. The smallest absolute Gasteiger partial charge is 0.352 e. The lowest BCUT2D eigenvalue weighted by atomic mass is 10.2. The maximum absolute atomic E-state index is 12.6. The highest BCUT2D eigenvalue weighted by Crippen LogP contribution is 2.29. The number of amides is 1. The van der Waals surface area contributed by atoms with Crippen molar-refractivity contribution in [1.29, 1.82) is 0 Å². The topological polar surface area (TPSA) is 112 Å². The summed E-state index contributed by atoms with van der Waals surface area (Å²) in [5, 5.41) is 10.0. The van der Waals surface area contributed by atoms with E-state index in [0.717, 1.165) is 10.4 Å². The molecule has 0 fully saturated rings. The number of anilines is 3. The van der Waals surface area contributed by atoms with Gasteiger partial charge in [-0.3, -0.25) is 4.79 Å². The summed E-state index contributed by atoms with van der Waals surface area (Å²) in [5.74, 6) is 1.33. The number of fused-ring (bicyclic) bond motifs is 1. The molecule has 0 atom stereocenters. The maximum atomic E-state index is 12.6. The molecule has 0 aliphatic heterocycles. The summed E-state index contributed by atoms with van der Waals surface area (Å²) < 4.78 is 12.7. The number of nitrogens with one attached hydrogen (secondary N) is 2. The number of methoxy groups -OCH3 is 2. The molecule has 31 heavy (non-hydrogen) atoms. The largest absolute Gasteiger partial charge is 0.493 e. The molecular weight excluding hydrogens is 400 g/mol. The van der Waals surface area contributed by atoms with E-state index in [0.29, 0.717) is 23.0 Å². The normalized spacial score (nSPS) is 10.6. The molecule has 0 aliphatic carbocycles. The van der Waals surface area contributed by atoms with E-state index in [1.165, 1.54) is 18.6 Å². The Labute approximate surface area is 177 Å². The van der Waals surface area contributed by atoms with Crippen LogP contribution in [0.2, 0.25) is 0 Å². The molecule has 10 heteroatoms. The van der Waals surface area contributed by atoms with Gasteiger partial charge in [0.2, 0.25) is 5.91 Å².